The number of aliphatic hydroxyl groups excluding tert-OH is 1. The zero-order valence-corrected chi connectivity index (χ0v) is 11.1. The molecule has 1 aromatic heterocycles. The molecular formula is C13H21N3O2. The maximum absolute atomic E-state index is 12.1. The standard InChI is InChI=1S/C13H21N3O2/c1-13(2,3)10(6-8-17)16-12(18)11-9(14)5-4-7-15-11/h4-5,7,10,17H,6,8,14H2,1-3H3,(H,16,18). The molecule has 0 aromatic carbocycles. The van der Waals surface area contributed by atoms with Gasteiger partial charge in [-0.1, -0.05) is 20.8 Å². The summed E-state index contributed by atoms with van der Waals surface area (Å²) in [5.41, 5.74) is 6.15. The highest BCUT2D eigenvalue weighted by molar-refractivity contribution is 5.97. The minimum atomic E-state index is -0.304. The van der Waals surface area contributed by atoms with Crippen molar-refractivity contribution in [2.75, 3.05) is 12.3 Å². The zero-order chi connectivity index (χ0) is 13.8. The molecule has 0 saturated carbocycles. The molecule has 1 heterocycles. The Morgan fingerprint density at radius 3 is 2.72 bits per heavy atom. The summed E-state index contributed by atoms with van der Waals surface area (Å²) < 4.78 is 0. The van der Waals surface area contributed by atoms with Crippen LogP contribution < -0.4 is 11.1 Å². The number of pyridine rings is 1. The third-order valence-electron chi connectivity index (χ3n) is 2.82. The molecule has 0 bridgehead atoms. The molecule has 0 aliphatic rings. The van der Waals surface area contributed by atoms with Gasteiger partial charge in [0.1, 0.15) is 0 Å². The van der Waals surface area contributed by atoms with Crippen LogP contribution in [0.25, 0.3) is 0 Å². The maximum atomic E-state index is 12.1. The molecule has 1 unspecified atom stereocenters. The number of aliphatic hydroxyl groups is 1. The van der Waals surface area contributed by atoms with Gasteiger partial charge in [-0.15, -0.1) is 0 Å². The number of aromatic nitrogens is 1. The number of nitrogens with two attached hydrogens (primary N) is 1. The van der Waals surface area contributed by atoms with Crippen molar-refractivity contribution in [1.82, 2.24) is 10.3 Å². The number of carbonyl (C=O) groups excluding carboxylic acids is 1. The van der Waals surface area contributed by atoms with Gasteiger partial charge in [0.2, 0.25) is 0 Å². The van der Waals surface area contributed by atoms with Crippen LogP contribution in [0.5, 0.6) is 0 Å². The fourth-order valence-electron chi connectivity index (χ4n) is 1.68. The van der Waals surface area contributed by atoms with E-state index in [1.807, 2.05) is 20.8 Å². The normalized spacial score (nSPS) is 13.1. The first-order valence-corrected chi connectivity index (χ1v) is 5.98. The van der Waals surface area contributed by atoms with E-state index >= 15 is 0 Å². The third-order valence-corrected chi connectivity index (χ3v) is 2.82. The highest BCUT2D eigenvalue weighted by Crippen LogP contribution is 2.22. The molecule has 0 spiro atoms. The topological polar surface area (TPSA) is 88.2 Å². The fourth-order valence-corrected chi connectivity index (χ4v) is 1.68. The molecule has 5 nitrogen and oxygen atoms in total. The first-order valence-electron chi connectivity index (χ1n) is 5.98. The van der Waals surface area contributed by atoms with Gasteiger partial charge in [-0.25, -0.2) is 4.98 Å². The number of nitrogens with zero attached hydrogens (tertiary/aromatic N) is 1. The van der Waals surface area contributed by atoms with Crippen molar-refractivity contribution in [2.24, 2.45) is 5.41 Å². The Labute approximate surface area is 107 Å². The van der Waals surface area contributed by atoms with E-state index in [-0.39, 0.29) is 29.7 Å². The average Bonchev–Trinajstić information content (AvgIpc) is 2.27. The van der Waals surface area contributed by atoms with Gasteiger partial charge < -0.3 is 16.2 Å². The molecule has 0 saturated heterocycles. The summed E-state index contributed by atoms with van der Waals surface area (Å²) in [7, 11) is 0. The van der Waals surface area contributed by atoms with Crippen LogP contribution >= 0.6 is 0 Å². The highest BCUT2D eigenvalue weighted by atomic mass is 16.3. The van der Waals surface area contributed by atoms with Gasteiger partial charge in [-0.2, -0.15) is 0 Å². The lowest BCUT2D eigenvalue weighted by molar-refractivity contribution is 0.0881. The SMILES string of the molecule is CC(C)(C)C(CCO)NC(=O)c1ncccc1N. The van der Waals surface area contributed by atoms with E-state index in [0.717, 1.165) is 0 Å². The van der Waals surface area contributed by atoms with Gasteiger partial charge >= 0.3 is 0 Å². The molecule has 0 radical (unpaired) electrons. The monoisotopic (exact) mass is 251 g/mol. The molecular weight excluding hydrogens is 230 g/mol. The van der Waals surface area contributed by atoms with Crippen LogP contribution in [0.1, 0.15) is 37.7 Å². The lowest BCUT2D eigenvalue weighted by atomic mass is 9.85. The van der Waals surface area contributed by atoms with E-state index < -0.39 is 0 Å². The van der Waals surface area contributed by atoms with Crippen molar-refractivity contribution in [1.29, 1.82) is 0 Å². The largest absolute Gasteiger partial charge is 0.397 e. The number of amides is 1. The number of hydrogen-bond acceptors (Lipinski definition) is 4. The maximum Gasteiger partial charge on any atom is 0.272 e. The van der Waals surface area contributed by atoms with Crippen LogP contribution in [-0.2, 0) is 0 Å². The molecule has 100 valence electrons. The number of rotatable bonds is 4. The molecule has 5 heteroatoms. The average molecular weight is 251 g/mol. The lowest BCUT2D eigenvalue weighted by Gasteiger charge is -2.31. The van der Waals surface area contributed by atoms with Gasteiger partial charge in [0.05, 0.1) is 5.69 Å². The Morgan fingerprint density at radius 2 is 2.22 bits per heavy atom. The van der Waals surface area contributed by atoms with E-state index in [0.29, 0.717) is 12.1 Å². The number of nitrogens with one attached hydrogen (secondary N) is 1. The molecule has 0 aliphatic carbocycles. The zero-order valence-electron chi connectivity index (χ0n) is 11.1. The van der Waals surface area contributed by atoms with Crippen molar-refractivity contribution in [2.45, 2.75) is 33.2 Å². The molecule has 1 aromatic rings. The van der Waals surface area contributed by atoms with Crippen molar-refractivity contribution in [3.05, 3.63) is 24.0 Å². The first kappa shape index (κ1) is 14.4. The number of hydrogen-bond donors (Lipinski definition) is 3. The summed E-state index contributed by atoms with van der Waals surface area (Å²) in [5, 5.41) is 11.9. The van der Waals surface area contributed by atoms with E-state index in [4.69, 9.17) is 10.8 Å². The molecule has 4 N–H and O–H groups in total. The lowest BCUT2D eigenvalue weighted by Crippen LogP contribution is -2.44. The van der Waals surface area contributed by atoms with E-state index in [1.165, 1.54) is 6.20 Å². The smallest absolute Gasteiger partial charge is 0.272 e. The van der Waals surface area contributed by atoms with Crippen LogP contribution in [0.2, 0.25) is 0 Å². The van der Waals surface area contributed by atoms with Crippen LogP contribution in [0.4, 0.5) is 5.69 Å². The van der Waals surface area contributed by atoms with Crippen LogP contribution in [0.3, 0.4) is 0 Å². The molecule has 0 aliphatic heterocycles. The van der Waals surface area contributed by atoms with Crippen LogP contribution in [0, 0.1) is 5.41 Å². The Bertz CT molecular complexity index is 413. The van der Waals surface area contributed by atoms with Crippen molar-refractivity contribution in [3.63, 3.8) is 0 Å². The molecule has 0 fully saturated rings. The molecule has 1 atom stereocenters. The van der Waals surface area contributed by atoms with Crippen molar-refractivity contribution < 1.29 is 9.90 Å². The van der Waals surface area contributed by atoms with Gasteiger partial charge in [0.25, 0.3) is 5.91 Å². The third kappa shape index (κ3) is 3.70. The Morgan fingerprint density at radius 1 is 1.56 bits per heavy atom. The second-order valence-electron chi connectivity index (χ2n) is 5.35. The summed E-state index contributed by atoms with van der Waals surface area (Å²) in [5.74, 6) is -0.304. The Balaban J connectivity index is 2.82. The van der Waals surface area contributed by atoms with Crippen molar-refractivity contribution in [3.8, 4) is 0 Å². The van der Waals surface area contributed by atoms with Gasteiger partial charge in [-0.3, -0.25) is 4.79 Å². The summed E-state index contributed by atoms with van der Waals surface area (Å²) in [6.45, 7) is 6.06. The van der Waals surface area contributed by atoms with E-state index in [2.05, 4.69) is 10.3 Å². The quantitative estimate of drug-likeness (QED) is 0.750. The predicted octanol–water partition coefficient (Wildman–Crippen LogP) is 1.19. The molecule has 18 heavy (non-hydrogen) atoms. The summed E-state index contributed by atoms with van der Waals surface area (Å²) in [6, 6.07) is 3.19. The first-order chi connectivity index (χ1) is 8.36. The van der Waals surface area contributed by atoms with Crippen molar-refractivity contribution >= 4 is 11.6 Å². The van der Waals surface area contributed by atoms with Gasteiger partial charge in [-0.05, 0) is 24.0 Å². The second kappa shape index (κ2) is 5.82. The Kier molecular flexibility index (Phi) is 4.67. The van der Waals surface area contributed by atoms with Crippen LogP contribution in [0.15, 0.2) is 18.3 Å². The minimum Gasteiger partial charge on any atom is -0.397 e. The summed E-state index contributed by atoms with van der Waals surface area (Å²) in [4.78, 5) is 16.0. The predicted molar refractivity (Wildman–Crippen MR) is 71.1 cm³/mol. The second-order valence-corrected chi connectivity index (χ2v) is 5.35. The van der Waals surface area contributed by atoms with Gasteiger partial charge in [0.15, 0.2) is 5.69 Å². The van der Waals surface area contributed by atoms with E-state index in [1.54, 1.807) is 12.1 Å². The minimum absolute atomic E-state index is 0.0277. The fraction of sp³-hybridized carbons (Fsp3) is 0.538. The molecule has 1 rings (SSSR count). The molecule has 1 amide bonds. The van der Waals surface area contributed by atoms with E-state index in [9.17, 15) is 4.79 Å². The number of nitrogen functional groups attached to an aromatic ring is 1. The van der Waals surface area contributed by atoms with Gasteiger partial charge in [0, 0.05) is 18.8 Å². The van der Waals surface area contributed by atoms with Crippen LogP contribution in [-0.4, -0.2) is 28.6 Å². The number of anilines is 1. The highest BCUT2D eigenvalue weighted by Gasteiger charge is 2.26. The summed E-state index contributed by atoms with van der Waals surface area (Å²) in [6.07, 6.45) is 2.03. The Hall–Kier alpha value is -1.62. The number of carbonyl (C=O) groups is 1. The summed E-state index contributed by atoms with van der Waals surface area (Å²) >= 11 is 0.